The van der Waals surface area contributed by atoms with E-state index in [2.05, 4.69) is 46.1 Å². The van der Waals surface area contributed by atoms with E-state index in [4.69, 9.17) is 11.6 Å². The van der Waals surface area contributed by atoms with Crippen LogP contribution in [-0.2, 0) is 10.0 Å². The maximum atomic E-state index is 12.8. The standard InChI is InChI=1S/C14H20BrClN2O2SSi/c1-14(2,3)22(4,5)18-21(19,20)13-8-17-12-7-11(16)10(15)6-9(12)13/h6-8,17-18H,1-5H3. The number of hydrogen-bond acceptors (Lipinski definition) is 2. The summed E-state index contributed by atoms with van der Waals surface area (Å²) in [4.78, 5) is 3.23. The highest BCUT2D eigenvalue weighted by Crippen LogP contribution is 2.36. The van der Waals surface area contributed by atoms with Gasteiger partial charge in [-0.05, 0) is 33.1 Å². The maximum Gasteiger partial charge on any atom is 0.236 e. The smallest absolute Gasteiger partial charge is 0.236 e. The van der Waals surface area contributed by atoms with E-state index in [-0.39, 0.29) is 9.93 Å². The lowest BCUT2D eigenvalue weighted by atomic mass is 10.2. The molecule has 2 rings (SSSR count). The quantitative estimate of drug-likeness (QED) is 0.692. The predicted octanol–water partition coefficient (Wildman–Crippen LogP) is 4.87. The van der Waals surface area contributed by atoms with Gasteiger partial charge in [0.1, 0.15) is 13.1 Å². The molecule has 0 radical (unpaired) electrons. The molecular formula is C14H20BrClN2O2SSi. The zero-order chi connectivity index (χ0) is 16.9. The number of nitrogens with one attached hydrogen (secondary N) is 2. The van der Waals surface area contributed by atoms with Crippen molar-refractivity contribution in [2.75, 3.05) is 0 Å². The molecule has 22 heavy (non-hydrogen) atoms. The molecule has 0 saturated heterocycles. The number of fused-ring (bicyclic) bond motifs is 1. The van der Waals surface area contributed by atoms with Crippen LogP contribution in [0.4, 0.5) is 0 Å². The Morgan fingerprint density at radius 2 is 1.86 bits per heavy atom. The Morgan fingerprint density at radius 3 is 2.41 bits per heavy atom. The number of benzene rings is 1. The van der Waals surface area contributed by atoms with Crippen LogP contribution in [0.2, 0.25) is 23.2 Å². The third-order valence-electron chi connectivity index (χ3n) is 4.24. The number of sulfonamides is 1. The van der Waals surface area contributed by atoms with Crippen molar-refractivity contribution in [3.05, 3.63) is 27.8 Å². The van der Waals surface area contributed by atoms with Gasteiger partial charge in [-0.1, -0.05) is 45.5 Å². The van der Waals surface area contributed by atoms with Crippen LogP contribution in [0.3, 0.4) is 0 Å². The van der Waals surface area contributed by atoms with Gasteiger partial charge in [-0.2, -0.15) is 0 Å². The van der Waals surface area contributed by atoms with Crippen molar-refractivity contribution >= 4 is 56.7 Å². The van der Waals surface area contributed by atoms with Gasteiger partial charge in [0.05, 0.1) is 5.02 Å². The SMILES string of the molecule is CC(C)(C)[Si](C)(C)NS(=O)(=O)c1c[nH]c2cc(Cl)c(Br)cc12. The van der Waals surface area contributed by atoms with Crippen molar-refractivity contribution in [1.29, 1.82) is 0 Å². The zero-order valence-electron chi connectivity index (χ0n) is 13.2. The van der Waals surface area contributed by atoms with Gasteiger partial charge in [0.15, 0.2) is 0 Å². The molecule has 122 valence electrons. The van der Waals surface area contributed by atoms with Crippen molar-refractivity contribution in [3.8, 4) is 0 Å². The fourth-order valence-corrected chi connectivity index (χ4v) is 7.39. The summed E-state index contributed by atoms with van der Waals surface area (Å²) in [5.41, 5.74) is 0.698. The lowest BCUT2D eigenvalue weighted by Gasteiger charge is -2.36. The van der Waals surface area contributed by atoms with E-state index in [0.717, 1.165) is 0 Å². The Kier molecular flexibility index (Phi) is 4.61. The molecule has 0 spiro atoms. The van der Waals surface area contributed by atoms with Crippen molar-refractivity contribution in [3.63, 3.8) is 0 Å². The first kappa shape index (κ1) is 18.0. The predicted molar refractivity (Wildman–Crippen MR) is 98.5 cm³/mol. The van der Waals surface area contributed by atoms with Gasteiger partial charge in [-0.15, -0.1) is 0 Å². The number of hydrogen-bond donors (Lipinski definition) is 2. The average Bonchev–Trinajstić information content (AvgIpc) is 2.70. The summed E-state index contributed by atoms with van der Waals surface area (Å²) in [7, 11) is -5.80. The Labute approximate surface area is 145 Å². The van der Waals surface area contributed by atoms with Crippen LogP contribution >= 0.6 is 27.5 Å². The van der Waals surface area contributed by atoms with Crippen LogP contribution in [0.25, 0.3) is 10.9 Å². The molecule has 0 amide bonds. The van der Waals surface area contributed by atoms with Gasteiger partial charge in [0, 0.05) is 21.6 Å². The van der Waals surface area contributed by atoms with Crippen LogP contribution in [0.1, 0.15) is 20.8 Å². The number of H-pyrrole nitrogens is 1. The van der Waals surface area contributed by atoms with Crippen LogP contribution in [0.5, 0.6) is 0 Å². The number of aromatic amines is 1. The van der Waals surface area contributed by atoms with E-state index in [1.807, 2.05) is 13.1 Å². The third-order valence-corrected chi connectivity index (χ3v) is 13.2. The van der Waals surface area contributed by atoms with E-state index in [9.17, 15) is 8.42 Å². The van der Waals surface area contributed by atoms with Crippen LogP contribution in [0, 0.1) is 0 Å². The second-order valence-electron chi connectivity index (χ2n) is 6.95. The summed E-state index contributed by atoms with van der Waals surface area (Å²) in [5, 5.41) is 1.08. The molecule has 8 heteroatoms. The monoisotopic (exact) mass is 422 g/mol. The minimum atomic E-state index is -3.60. The Hall–Kier alpha value is -0.343. The van der Waals surface area contributed by atoms with Crippen molar-refractivity contribution in [2.24, 2.45) is 0 Å². The molecule has 0 fully saturated rings. The molecule has 2 N–H and O–H groups in total. The van der Waals surface area contributed by atoms with Gasteiger partial charge in [-0.25, -0.2) is 12.8 Å². The molecule has 0 unspecified atom stereocenters. The molecule has 0 aliphatic carbocycles. The molecule has 1 aromatic carbocycles. The lowest BCUT2D eigenvalue weighted by molar-refractivity contribution is 0.590. The van der Waals surface area contributed by atoms with E-state index in [0.29, 0.717) is 20.4 Å². The first-order valence-electron chi connectivity index (χ1n) is 6.85. The Morgan fingerprint density at radius 1 is 1.27 bits per heavy atom. The topological polar surface area (TPSA) is 62.0 Å². The minimum absolute atomic E-state index is 0.0872. The summed E-state index contributed by atoms with van der Waals surface area (Å²) in [5.74, 6) is 0. The summed E-state index contributed by atoms with van der Waals surface area (Å²) in [6, 6.07) is 3.45. The molecule has 1 heterocycles. The number of halogens is 2. The second-order valence-corrected chi connectivity index (χ2v) is 15.2. The highest BCUT2D eigenvalue weighted by atomic mass is 79.9. The molecule has 0 aliphatic heterocycles. The van der Waals surface area contributed by atoms with Crippen molar-refractivity contribution in [2.45, 2.75) is 43.8 Å². The minimum Gasteiger partial charge on any atom is -0.360 e. The third kappa shape index (κ3) is 3.28. The summed E-state index contributed by atoms with van der Waals surface area (Å²) < 4.78 is 29.3. The summed E-state index contributed by atoms with van der Waals surface area (Å²) in [6.07, 6.45) is 1.52. The molecule has 0 bridgehead atoms. The fraction of sp³-hybridized carbons (Fsp3) is 0.429. The lowest BCUT2D eigenvalue weighted by Crippen LogP contribution is -2.54. The molecular weight excluding hydrogens is 404 g/mol. The molecule has 2 aromatic rings. The van der Waals surface area contributed by atoms with Gasteiger partial charge in [0.2, 0.25) is 10.0 Å². The van der Waals surface area contributed by atoms with Gasteiger partial charge in [0.25, 0.3) is 0 Å². The molecule has 1 aromatic heterocycles. The van der Waals surface area contributed by atoms with E-state index in [1.54, 1.807) is 12.1 Å². The maximum absolute atomic E-state index is 12.8. The van der Waals surface area contributed by atoms with Crippen LogP contribution in [0.15, 0.2) is 27.7 Å². The Bertz CT molecular complexity index is 825. The fourth-order valence-electron chi connectivity index (χ4n) is 1.86. The van der Waals surface area contributed by atoms with E-state index < -0.39 is 18.3 Å². The highest BCUT2D eigenvalue weighted by molar-refractivity contribution is 9.10. The normalized spacial score (nSPS) is 13.8. The van der Waals surface area contributed by atoms with Crippen LogP contribution in [-0.4, -0.2) is 21.6 Å². The molecule has 0 aliphatic rings. The van der Waals surface area contributed by atoms with Gasteiger partial charge in [-0.3, -0.25) is 0 Å². The Balaban J connectivity index is 2.54. The zero-order valence-corrected chi connectivity index (χ0v) is 17.4. The number of rotatable bonds is 3. The van der Waals surface area contributed by atoms with Crippen molar-refractivity contribution < 1.29 is 8.42 Å². The van der Waals surface area contributed by atoms with Gasteiger partial charge < -0.3 is 4.98 Å². The second kappa shape index (κ2) is 5.63. The summed E-state index contributed by atoms with van der Waals surface area (Å²) >= 11 is 9.40. The largest absolute Gasteiger partial charge is 0.360 e. The highest BCUT2D eigenvalue weighted by Gasteiger charge is 2.40. The average molecular weight is 424 g/mol. The first-order chi connectivity index (χ1) is 9.85. The molecule has 4 nitrogen and oxygen atoms in total. The number of aromatic nitrogens is 1. The van der Waals surface area contributed by atoms with E-state index in [1.165, 1.54) is 6.20 Å². The first-order valence-corrected chi connectivity index (χ1v) is 12.5. The summed E-state index contributed by atoms with van der Waals surface area (Å²) in [6.45, 7) is 10.2. The molecule has 0 saturated carbocycles. The van der Waals surface area contributed by atoms with Gasteiger partial charge >= 0.3 is 0 Å². The molecule has 0 atom stereocenters. The van der Waals surface area contributed by atoms with Crippen LogP contribution < -0.4 is 4.39 Å². The van der Waals surface area contributed by atoms with Crippen molar-refractivity contribution in [1.82, 2.24) is 9.37 Å². The van der Waals surface area contributed by atoms with E-state index >= 15 is 0 Å².